The molecule has 1 heterocycles. The number of rotatable bonds is 1. The maximum absolute atomic E-state index is 13.4. The fourth-order valence-corrected chi connectivity index (χ4v) is 1.79. The quantitative estimate of drug-likeness (QED) is 0.579. The summed E-state index contributed by atoms with van der Waals surface area (Å²) in [5.41, 5.74) is 1.97. The van der Waals surface area contributed by atoms with Gasteiger partial charge in [0.15, 0.2) is 0 Å². The molecule has 1 aliphatic rings. The average molecular weight is 207 g/mol. The number of allylic oxidation sites excluding steroid dienone is 4. The summed E-state index contributed by atoms with van der Waals surface area (Å²) in [7, 11) is 0. The summed E-state index contributed by atoms with van der Waals surface area (Å²) in [6, 6.07) is -0.111. The second-order valence-corrected chi connectivity index (χ2v) is 4.09. The summed E-state index contributed by atoms with van der Waals surface area (Å²) >= 11 is 0. The first kappa shape index (κ1) is 11.9. The van der Waals surface area contributed by atoms with Crippen LogP contribution in [-0.2, 0) is 0 Å². The Hall–Kier alpha value is -1.18. The maximum Gasteiger partial charge on any atom is 0.102 e. The van der Waals surface area contributed by atoms with Gasteiger partial charge in [-0.15, -0.1) is 0 Å². The molecule has 0 fully saturated rings. The Morgan fingerprint density at radius 2 is 2.13 bits per heavy atom. The van der Waals surface area contributed by atoms with E-state index in [0.717, 1.165) is 11.3 Å². The predicted octanol–water partition coefficient (Wildman–Crippen LogP) is 3.84. The number of hydrogen-bond acceptors (Lipinski definition) is 1. The fraction of sp³-hybridized carbons (Fsp3) is 0.462. The van der Waals surface area contributed by atoms with Gasteiger partial charge in [-0.05, 0) is 26.0 Å². The van der Waals surface area contributed by atoms with Crippen molar-refractivity contribution in [2.24, 2.45) is 10.9 Å². The van der Waals surface area contributed by atoms with Crippen LogP contribution in [0.1, 0.15) is 27.2 Å². The monoisotopic (exact) mass is 207 g/mol. The van der Waals surface area contributed by atoms with Crippen LogP contribution in [0.3, 0.4) is 0 Å². The molecule has 0 saturated carbocycles. The van der Waals surface area contributed by atoms with Crippen LogP contribution in [0.25, 0.3) is 0 Å². The van der Waals surface area contributed by atoms with Gasteiger partial charge in [-0.3, -0.25) is 4.99 Å². The van der Waals surface area contributed by atoms with E-state index in [9.17, 15) is 4.39 Å². The van der Waals surface area contributed by atoms with Gasteiger partial charge in [0.05, 0.1) is 6.04 Å². The molecule has 2 atom stereocenters. The van der Waals surface area contributed by atoms with E-state index in [1.807, 2.05) is 19.9 Å². The molecule has 0 bridgehead atoms. The van der Waals surface area contributed by atoms with E-state index in [1.165, 1.54) is 0 Å². The average Bonchev–Trinajstić information content (AvgIpc) is 2.15. The topological polar surface area (TPSA) is 12.4 Å². The molecule has 1 rings (SSSR count). The molecule has 0 aliphatic carbocycles. The van der Waals surface area contributed by atoms with Gasteiger partial charge in [-0.1, -0.05) is 25.2 Å². The zero-order valence-electron chi connectivity index (χ0n) is 9.63. The van der Waals surface area contributed by atoms with Crippen molar-refractivity contribution in [2.75, 3.05) is 0 Å². The molecule has 0 aromatic heterocycles. The highest BCUT2D eigenvalue weighted by molar-refractivity contribution is 5.97. The summed E-state index contributed by atoms with van der Waals surface area (Å²) in [5.74, 6) is 0.113. The number of aliphatic imine (C=N–C) groups is 1. The van der Waals surface area contributed by atoms with Gasteiger partial charge in [0.1, 0.15) is 5.83 Å². The minimum absolute atomic E-state index is 0.0995. The SMILES string of the molecule is C=C/C1=N/C(C)/C=C(/F)C/C(C)=C\C1C. The summed E-state index contributed by atoms with van der Waals surface area (Å²) in [6.45, 7) is 9.63. The van der Waals surface area contributed by atoms with Gasteiger partial charge in [0, 0.05) is 18.1 Å². The number of hydrogen-bond donors (Lipinski definition) is 0. The van der Waals surface area contributed by atoms with Crippen molar-refractivity contribution in [3.8, 4) is 0 Å². The summed E-state index contributed by atoms with van der Waals surface area (Å²) in [6.07, 6.45) is 5.77. The Morgan fingerprint density at radius 3 is 2.73 bits per heavy atom. The first-order valence-corrected chi connectivity index (χ1v) is 5.26. The second-order valence-electron chi connectivity index (χ2n) is 4.09. The minimum Gasteiger partial charge on any atom is -0.282 e. The molecular weight excluding hydrogens is 189 g/mol. The molecule has 0 spiro atoms. The molecule has 0 aromatic rings. The molecular formula is C13H18FN. The Morgan fingerprint density at radius 1 is 1.47 bits per heavy atom. The number of nitrogens with zero attached hydrogens (tertiary/aromatic N) is 1. The Bertz CT molecular complexity index is 336. The molecule has 2 heteroatoms. The van der Waals surface area contributed by atoms with Crippen LogP contribution in [0.15, 0.2) is 41.2 Å². The third-order valence-electron chi connectivity index (χ3n) is 2.43. The van der Waals surface area contributed by atoms with Crippen LogP contribution in [0.4, 0.5) is 4.39 Å². The van der Waals surface area contributed by atoms with Crippen molar-refractivity contribution >= 4 is 5.71 Å². The molecule has 0 saturated heterocycles. The van der Waals surface area contributed by atoms with Crippen LogP contribution < -0.4 is 0 Å². The first-order valence-electron chi connectivity index (χ1n) is 5.26. The highest BCUT2D eigenvalue weighted by Gasteiger charge is 2.10. The van der Waals surface area contributed by atoms with Crippen molar-refractivity contribution in [3.63, 3.8) is 0 Å². The molecule has 0 N–H and O–H groups in total. The van der Waals surface area contributed by atoms with E-state index >= 15 is 0 Å². The van der Waals surface area contributed by atoms with Crippen LogP contribution in [0.5, 0.6) is 0 Å². The molecule has 0 aromatic carbocycles. The van der Waals surface area contributed by atoms with Crippen LogP contribution in [0.2, 0.25) is 0 Å². The van der Waals surface area contributed by atoms with Gasteiger partial charge >= 0.3 is 0 Å². The second kappa shape index (κ2) is 5.06. The molecule has 2 unspecified atom stereocenters. The molecule has 1 nitrogen and oxygen atoms in total. The normalized spacial score (nSPS) is 38.3. The minimum atomic E-state index is -0.111. The van der Waals surface area contributed by atoms with Gasteiger partial charge < -0.3 is 0 Å². The van der Waals surface area contributed by atoms with Crippen molar-refractivity contribution in [3.05, 3.63) is 36.2 Å². The summed E-state index contributed by atoms with van der Waals surface area (Å²) < 4.78 is 13.4. The maximum atomic E-state index is 13.4. The molecule has 15 heavy (non-hydrogen) atoms. The Kier molecular flexibility index (Phi) is 4.01. The van der Waals surface area contributed by atoms with Gasteiger partial charge in [-0.2, -0.15) is 0 Å². The van der Waals surface area contributed by atoms with Crippen molar-refractivity contribution in [2.45, 2.75) is 33.2 Å². The van der Waals surface area contributed by atoms with Crippen LogP contribution >= 0.6 is 0 Å². The first-order chi connectivity index (χ1) is 7.02. The van der Waals surface area contributed by atoms with Crippen LogP contribution in [-0.4, -0.2) is 11.8 Å². The van der Waals surface area contributed by atoms with Crippen molar-refractivity contribution < 1.29 is 4.39 Å². The molecule has 0 radical (unpaired) electrons. The zero-order valence-corrected chi connectivity index (χ0v) is 9.63. The molecule has 82 valence electrons. The Balaban J connectivity index is 3.09. The van der Waals surface area contributed by atoms with E-state index in [1.54, 1.807) is 12.2 Å². The van der Waals surface area contributed by atoms with E-state index in [0.29, 0.717) is 6.42 Å². The van der Waals surface area contributed by atoms with Gasteiger partial charge in [-0.25, -0.2) is 4.39 Å². The zero-order chi connectivity index (χ0) is 11.4. The number of halogens is 1. The molecule has 1 aliphatic heterocycles. The van der Waals surface area contributed by atoms with Crippen LogP contribution in [0, 0.1) is 5.92 Å². The summed E-state index contributed by atoms with van der Waals surface area (Å²) in [5, 5.41) is 0. The summed E-state index contributed by atoms with van der Waals surface area (Å²) in [4.78, 5) is 4.42. The van der Waals surface area contributed by atoms with E-state index in [4.69, 9.17) is 0 Å². The molecule has 0 amide bonds. The third-order valence-corrected chi connectivity index (χ3v) is 2.43. The van der Waals surface area contributed by atoms with Crippen molar-refractivity contribution in [1.82, 2.24) is 0 Å². The van der Waals surface area contributed by atoms with E-state index in [2.05, 4.69) is 18.5 Å². The Labute approximate surface area is 91.1 Å². The highest BCUT2D eigenvalue weighted by atomic mass is 19.1. The predicted molar refractivity (Wildman–Crippen MR) is 63.8 cm³/mol. The van der Waals surface area contributed by atoms with E-state index in [-0.39, 0.29) is 17.8 Å². The van der Waals surface area contributed by atoms with Gasteiger partial charge in [0.25, 0.3) is 0 Å². The largest absolute Gasteiger partial charge is 0.282 e. The standard InChI is InChI=1S/C13H18FN/c1-5-13-10(3)6-9(2)7-12(14)8-11(4)15-13/h5-6,8,10-11H,1,7H2,2-4H3/b9-6-,12-8+,15-13-. The lowest BCUT2D eigenvalue weighted by molar-refractivity contribution is 0.600. The lowest BCUT2D eigenvalue weighted by Crippen LogP contribution is -2.08. The lowest BCUT2D eigenvalue weighted by Gasteiger charge is -2.08. The van der Waals surface area contributed by atoms with Crippen molar-refractivity contribution in [1.29, 1.82) is 0 Å². The lowest BCUT2D eigenvalue weighted by atomic mass is 10.0. The fourth-order valence-electron chi connectivity index (χ4n) is 1.79. The van der Waals surface area contributed by atoms with E-state index < -0.39 is 0 Å². The third kappa shape index (κ3) is 3.46. The van der Waals surface area contributed by atoms with Gasteiger partial charge in [0.2, 0.25) is 0 Å². The highest BCUT2D eigenvalue weighted by Crippen LogP contribution is 2.19. The smallest absolute Gasteiger partial charge is 0.102 e.